The molecule has 0 aliphatic heterocycles. The van der Waals surface area contributed by atoms with Crippen molar-refractivity contribution in [2.75, 3.05) is 0 Å². The Kier molecular flexibility index (Phi) is 37.7. The molecule has 0 spiro atoms. The first kappa shape index (κ1) is 22.5. The van der Waals surface area contributed by atoms with Crippen LogP contribution in [0.5, 0.6) is 0 Å². The van der Waals surface area contributed by atoms with Gasteiger partial charge in [0.05, 0.1) is 0 Å². The molecule has 1 N–H and O–H groups in total. The van der Waals surface area contributed by atoms with Gasteiger partial charge in [-0.1, -0.05) is 0 Å². The Hall–Kier alpha value is 1.36. The van der Waals surface area contributed by atoms with Crippen molar-refractivity contribution in [3.63, 3.8) is 0 Å². The second-order valence-electron chi connectivity index (χ2n) is 0.516. The van der Waals surface area contributed by atoms with Gasteiger partial charge in [0.2, 0.25) is 6.16 Å². The van der Waals surface area contributed by atoms with Gasteiger partial charge in [-0.2, -0.15) is 0 Å². The van der Waals surface area contributed by atoms with Gasteiger partial charge in [0.25, 0.3) is 0 Å². The van der Waals surface area contributed by atoms with Crippen LogP contribution in [0.15, 0.2) is 0 Å². The summed E-state index contributed by atoms with van der Waals surface area (Å²) in [6.07, 6.45) is -4.42. The second kappa shape index (κ2) is 16.8. The molecule has 0 bridgehead atoms. The summed E-state index contributed by atoms with van der Waals surface area (Å²) in [7, 11) is 0. The number of carbonyl (C=O) groups excluding carboxylic acids is 1. The monoisotopic (exact) mass is 278 g/mol. The third-order valence-electron chi connectivity index (χ3n) is 0. The van der Waals surface area contributed by atoms with Crippen LogP contribution in [0.1, 0.15) is 0 Å². The van der Waals surface area contributed by atoms with E-state index in [1.54, 1.807) is 0 Å². The largest absolute Gasteiger partial charge is 2.00 e. The molecular weight excluding hydrogens is 277 g/mol. The van der Waals surface area contributed by atoms with Crippen LogP contribution in [0.2, 0.25) is 0 Å². The Morgan fingerprint density at radius 2 is 1.10 bits per heavy atom. The Morgan fingerprint density at radius 1 is 1.10 bits per heavy atom. The van der Waals surface area contributed by atoms with Crippen molar-refractivity contribution in [2.24, 2.45) is 0 Å². The van der Waals surface area contributed by atoms with Crippen molar-refractivity contribution in [1.29, 1.82) is 0 Å². The molecule has 0 rings (SSSR count). The minimum atomic E-state index is -2.33. The first-order chi connectivity index (χ1) is 3.46. The standard InChI is InChI=1S/2CH2O3.Cs.Mg/c2*2-1(3)4;;/h2*(H2,2,3,4);;/q;;+1;+2/p-3. The Labute approximate surface area is 131 Å². The van der Waals surface area contributed by atoms with Crippen molar-refractivity contribution >= 4 is 35.4 Å². The van der Waals surface area contributed by atoms with Gasteiger partial charge in [0.15, 0.2) is 0 Å². The van der Waals surface area contributed by atoms with Crippen molar-refractivity contribution < 1.29 is 98.9 Å². The average Bonchev–Trinajstić information content (AvgIpc) is 1.25. The van der Waals surface area contributed by atoms with Crippen molar-refractivity contribution in [3.05, 3.63) is 0 Å². The maximum atomic E-state index is 8.44. The molecule has 0 aliphatic carbocycles. The van der Waals surface area contributed by atoms with Gasteiger partial charge >= 0.3 is 91.9 Å². The summed E-state index contributed by atoms with van der Waals surface area (Å²) in [6, 6.07) is 0. The summed E-state index contributed by atoms with van der Waals surface area (Å²) in [6.45, 7) is 0. The van der Waals surface area contributed by atoms with E-state index < -0.39 is 12.3 Å². The van der Waals surface area contributed by atoms with E-state index in [-0.39, 0.29) is 91.9 Å². The molecule has 0 heterocycles. The smallest absolute Gasteiger partial charge is 0.652 e. The van der Waals surface area contributed by atoms with E-state index in [2.05, 4.69) is 0 Å². The molecule has 10 heavy (non-hydrogen) atoms. The number of carboxylic acid groups (broad SMARTS) is 4. The van der Waals surface area contributed by atoms with Crippen LogP contribution >= 0.6 is 0 Å². The number of carbonyl (C=O) groups is 2. The molecule has 0 aromatic heterocycles. The van der Waals surface area contributed by atoms with Crippen LogP contribution in [-0.4, -0.2) is 40.5 Å². The molecule has 0 aromatic rings. The fraction of sp³-hybridized carbons (Fsp3) is 0. The molecule has 0 aromatic carbocycles. The molecule has 0 fully saturated rings. The molecule has 0 atom stereocenters. The molecule has 48 valence electrons. The predicted molar refractivity (Wildman–Crippen MR) is 19.2 cm³/mol. The fourth-order valence-corrected chi connectivity index (χ4v) is 0. The summed E-state index contributed by atoms with van der Waals surface area (Å²) in [4.78, 5) is 16.8. The summed E-state index contributed by atoms with van der Waals surface area (Å²) in [5.74, 6) is 0. The van der Waals surface area contributed by atoms with Crippen LogP contribution in [0, 0.1) is 0 Å². The van der Waals surface area contributed by atoms with E-state index in [4.69, 9.17) is 30.0 Å². The minimum Gasteiger partial charge on any atom is -0.652 e. The van der Waals surface area contributed by atoms with E-state index in [0.717, 1.165) is 0 Å². The van der Waals surface area contributed by atoms with Gasteiger partial charge in [-0.3, -0.25) is 0 Å². The zero-order valence-electron chi connectivity index (χ0n) is 5.20. The van der Waals surface area contributed by atoms with Crippen LogP contribution in [0.3, 0.4) is 0 Å². The Balaban J connectivity index is -0.0000000300. The third-order valence-corrected chi connectivity index (χ3v) is 0. The molecule has 0 aliphatic rings. The zero-order valence-corrected chi connectivity index (χ0v) is 12.9. The van der Waals surface area contributed by atoms with E-state index in [1.165, 1.54) is 0 Å². The SMILES string of the molecule is O=C([O-])O.O=C([O-])[O-].[Cs+].[Mg+2]. The van der Waals surface area contributed by atoms with E-state index in [1.807, 2.05) is 0 Å². The second-order valence-corrected chi connectivity index (χ2v) is 0.516. The number of hydrogen-bond acceptors (Lipinski definition) is 5. The van der Waals surface area contributed by atoms with Crippen molar-refractivity contribution in [3.8, 4) is 0 Å². The van der Waals surface area contributed by atoms with Gasteiger partial charge in [-0.15, -0.1) is 0 Å². The van der Waals surface area contributed by atoms with Gasteiger partial charge in [-0.05, 0) is 6.16 Å². The van der Waals surface area contributed by atoms with Crippen LogP contribution in [0.25, 0.3) is 0 Å². The van der Waals surface area contributed by atoms with Gasteiger partial charge in [-0.25, -0.2) is 0 Å². The van der Waals surface area contributed by atoms with Gasteiger partial charge < -0.3 is 30.0 Å². The predicted octanol–water partition coefficient (Wildman–Crippen LogP) is -6.94. The van der Waals surface area contributed by atoms with Gasteiger partial charge in [0.1, 0.15) is 0 Å². The molecular formula is C2HCsMgO6. The molecule has 0 unspecified atom stereocenters. The molecule has 0 radical (unpaired) electrons. The number of hydrogen-bond donors (Lipinski definition) is 1. The summed E-state index contributed by atoms with van der Waals surface area (Å²) in [5, 5.41) is 32.0. The van der Waals surface area contributed by atoms with Crippen LogP contribution in [0.4, 0.5) is 9.59 Å². The first-order valence-corrected chi connectivity index (χ1v) is 1.24. The maximum Gasteiger partial charge on any atom is 2.00 e. The van der Waals surface area contributed by atoms with Crippen molar-refractivity contribution in [2.45, 2.75) is 0 Å². The summed E-state index contributed by atoms with van der Waals surface area (Å²) in [5.41, 5.74) is 0. The first-order valence-electron chi connectivity index (χ1n) is 1.24. The molecule has 0 saturated carbocycles. The van der Waals surface area contributed by atoms with Crippen LogP contribution < -0.4 is 84.2 Å². The van der Waals surface area contributed by atoms with Crippen LogP contribution in [-0.2, 0) is 0 Å². The molecule has 0 amide bonds. The van der Waals surface area contributed by atoms with E-state index in [0.29, 0.717) is 0 Å². The van der Waals surface area contributed by atoms with Gasteiger partial charge in [0, 0.05) is 0 Å². The molecule has 6 nitrogen and oxygen atoms in total. The fourth-order valence-electron chi connectivity index (χ4n) is 0. The Bertz CT molecular complexity index is 73.7. The molecule has 0 saturated heterocycles. The number of rotatable bonds is 0. The van der Waals surface area contributed by atoms with E-state index >= 15 is 0 Å². The topological polar surface area (TPSA) is 124 Å². The summed E-state index contributed by atoms with van der Waals surface area (Å²) >= 11 is 0. The molecule has 8 heteroatoms. The van der Waals surface area contributed by atoms with E-state index in [9.17, 15) is 0 Å². The summed E-state index contributed by atoms with van der Waals surface area (Å²) < 4.78 is 0. The van der Waals surface area contributed by atoms with Crippen molar-refractivity contribution in [1.82, 2.24) is 0 Å². The average molecular weight is 278 g/mol. The normalized spacial score (nSPS) is 4.80. The minimum absolute atomic E-state index is 0. The zero-order chi connectivity index (χ0) is 7.15. The Morgan fingerprint density at radius 3 is 1.10 bits per heavy atom. The maximum absolute atomic E-state index is 8.44. The quantitative estimate of drug-likeness (QED) is 0.439. The third kappa shape index (κ3) is 354.